The number of hydrogen-bond donors (Lipinski definition) is 0. The minimum atomic E-state index is -1.11. The summed E-state index contributed by atoms with van der Waals surface area (Å²) in [4.78, 5) is 0. The van der Waals surface area contributed by atoms with Gasteiger partial charge < -0.3 is 0 Å². The maximum Gasteiger partial charge on any atom is 0.159 e. The Morgan fingerprint density at radius 2 is 1.05 bits per heavy atom. The maximum absolute atomic E-state index is 14.9. The topological polar surface area (TPSA) is 0 Å². The van der Waals surface area contributed by atoms with E-state index in [1.807, 2.05) is 0 Å². The molecule has 0 heterocycles. The lowest BCUT2D eigenvalue weighted by Gasteiger charge is -2.30. The molecule has 0 spiro atoms. The molecule has 0 radical (unpaired) electrons. The summed E-state index contributed by atoms with van der Waals surface area (Å²) >= 11 is 0. The fourth-order valence-electron chi connectivity index (χ4n) is 6.90. The van der Waals surface area contributed by atoms with Gasteiger partial charge in [0.25, 0.3) is 0 Å². The van der Waals surface area contributed by atoms with Gasteiger partial charge in [-0.15, -0.1) is 0 Å². The Morgan fingerprint density at radius 1 is 0.568 bits per heavy atom. The predicted molar refractivity (Wildman–Crippen MR) is 144 cm³/mol. The van der Waals surface area contributed by atoms with Gasteiger partial charge in [-0.1, -0.05) is 90.0 Å². The standard InChI is InChI=1S/C33H44F4/c1-2-3-4-7-23-10-12-24(13-11-23)8-5-6-9-25-14-16-26(17-15-25)28-21-31(36)33(32(37)22-28)27-18-19-29(34)30(35)20-27/h18-26H,2-17H2,1H3. The van der Waals surface area contributed by atoms with Gasteiger partial charge in [0.05, 0.1) is 5.56 Å². The summed E-state index contributed by atoms with van der Waals surface area (Å²) in [6, 6.07) is 5.75. The molecule has 4 heteroatoms. The highest BCUT2D eigenvalue weighted by Gasteiger charge is 2.25. The highest BCUT2D eigenvalue weighted by Crippen LogP contribution is 2.40. The second-order valence-corrected chi connectivity index (χ2v) is 11.9. The Labute approximate surface area is 221 Å². The Balaban J connectivity index is 1.17. The summed E-state index contributed by atoms with van der Waals surface area (Å²) < 4.78 is 56.5. The number of rotatable bonds is 11. The van der Waals surface area contributed by atoms with Gasteiger partial charge in [-0.2, -0.15) is 0 Å². The highest BCUT2D eigenvalue weighted by atomic mass is 19.2. The van der Waals surface area contributed by atoms with Crippen molar-refractivity contribution >= 4 is 0 Å². The van der Waals surface area contributed by atoms with E-state index in [9.17, 15) is 17.6 Å². The number of halogens is 4. The summed E-state index contributed by atoms with van der Waals surface area (Å²) in [5, 5.41) is 0. The van der Waals surface area contributed by atoms with Crippen molar-refractivity contribution in [1.82, 2.24) is 0 Å². The van der Waals surface area contributed by atoms with Crippen LogP contribution in [0.25, 0.3) is 11.1 Å². The van der Waals surface area contributed by atoms with Crippen LogP contribution in [0.15, 0.2) is 30.3 Å². The molecule has 2 fully saturated rings. The van der Waals surface area contributed by atoms with Crippen molar-refractivity contribution in [2.24, 2.45) is 17.8 Å². The predicted octanol–water partition coefficient (Wildman–Crippen LogP) is 11.1. The van der Waals surface area contributed by atoms with Crippen LogP contribution < -0.4 is 0 Å². The first kappa shape index (κ1) is 28.2. The van der Waals surface area contributed by atoms with Crippen LogP contribution >= 0.6 is 0 Å². The number of unbranched alkanes of at least 4 members (excludes halogenated alkanes) is 3. The van der Waals surface area contributed by atoms with Gasteiger partial charge in [0.15, 0.2) is 11.6 Å². The average Bonchev–Trinajstić information content (AvgIpc) is 2.89. The highest BCUT2D eigenvalue weighted by molar-refractivity contribution is 5.65. The molecule has 2 aromatic carbocycles. The molecule has 0 amide bonds. The van der Waals surface area contributed by atoms with E-state index in [1.54, 1.807) is 0 Å². The van der Waals surface area contributed by atoms with Crippen molar-refractivity contribution in [3.8, 4) is 11.1 Å². The minimum Gasteiger partial charge on any atom is -0.206 e. The molecule has 37 heavy (non-hydrogen) atoms. The molecule has 0 unspecified atom stereocenters. The molecule has 0 N–H and O–H groups in total. The summed E-state index contributed by atoms with van der Waals surface area (Å²) in [5.41, 5.74) is 0.413. The first-order valence-electron chi connectivity index (χ1n) is 14.9. The third-order valence-corrected chi connectivity index (χ3v) is 9.25. The van der Waals surface area contributed by atoms with Gasteiger partial charge in [0.2, 0.25) is 0 Å². The molecule has 0 bridgehead atoms. The lowest BCUT2D eigenvalue weighted by Crippen LogP contribution is -2.15. The summed E-state index contributed by atoms with van der Waals surface area (Å²) in [6.45, 7) is 2.28. The maximum atomic E-state index is 14.9. The van der Waals surface area contributed by atoms with E-state index in [-0.39, 0.29) is 17.0 Å². The van der Waals surface area contributed by atoms with Crippen LogP contribution in [-0.4, -0.2) is 0 Å². The molecular formula is C33H44F4. The molecule has 0 aliphatic heterocycles. The molecule has 2 saturated carbocycles. The van der Waals surface area contributed by atoms with Crippen LogP contribution in [0, 0.1) is 41.0 Å². The number of benzene rings is 2. The zero-order valence-electron chi connectivity index (χ0n) is 22.5. The summed E-state index contributed by atoms with van der Waals surface area (Å²) in [7, 11) is 0. The van der Waals surface area contributed by atoms with E-state index in [0.29, 0.717) is 5.56 Å². The second-order valence-electron chi connectivity index (χ2n) is 11.9. The molecule has 0 nitrogen and oxygen atoms in total. The van der Waals surface area contributed by atoms with Crippen molar-refractivity contribution in [1.29, 1.82) is 0 Å². The molecular weight excluding hydrogens is 472 g/mol. The van der Waals surface area contributed by atoms with Gasteiger partial charge >= 0.3 is 0 Å². The van der Waals surface area contributed by atoms with Gasteiger partial charge in [0, 0.05) is 0 Å². The third kappa shape index (κ3) is 7.83. The Morgan fingerprint density at radius 3 is 1.54 bits per heavy atom. The smallest absolute Gasteiger partial charge is 0.159 e. The largest absolute Gasteiger partial charge is 0.206 e. The molecule has 0 aromatic heterocycles. The Bertz CT molecular complexity index is 961. The first-order chi connectivity index (χ1) is 17.9. The lowest BCUT2D eigenvalue weighted by molar-refractivity contribution is 0.240. The summed E-state index contributed by atoms with van der Waals surface area (Å²) in [5.74, 6) is -0.744. The third-order valence-electron chi connectivity index (χ3n) is 9.25. The molecule has 0 atom stereocenters. The Kier molecular flexibility index (Phi) is 10.5. The quantitative estimate of drug-likeness (QED) is 0.206. The van der Waals surface area contributed by atoms with Crippen molar-refractivity contribution in [3.05, 3.63) is 59.2 Å². The van der Waals surface area contributed by atoms with E-state index in [2.05, 4.69) is 6.92 Å². The van der Waals surface area contributed by atoms with Crippen LogP contribution in [-0.2, 0) is 0 Å². The first-order valence-corrected chi connectivity index (χ1v) is 14.9. The van der Waals surface area contributed by atoms with Gasteiger partial charge in [-0.25, -0.2) is 17.6 Å². The van der Waals surface area contributed by atoms with Crippen molar-refractivity contribution in [3.63, 3.8) is 0 Å². The van der Waals surface area contributed by atoms with Crippen LogP contribution in [0.5, 0.6) is 0 Å². The fraction of sp³-hybridized carbons (Fsp3) is 0.636. The minimum absolute atomic E-state index is 0.0178. The van der Waals surface area contributed by atoms with Crippen molar-refractivity contribution in [2.75, 3.05) is 0 Å². The lowest BCUT2D eigenvalue weighted by atomic mass is 9.76. The molecule has 4 rings (SSSR count). The second kappa shape index (κ2) is 13.8. The van der Waals surface area contributed by atoms with Crippen LogP contribution in [0.2, 0.25) is 0 Å². The van der Waals surface area contributed by atoms with Gasteiger partial charge in [-0.05, 0) is 84.7 Å². The molecule has 2 aliphatic carbocycles. The van der Waals surface area contributed by atoms with Crippen molar-refractivity contribution in [2.45, 2.75) is 116 Å². The summed E-state index contributed by atoms with van der Waals surface area (Å²) in [6.07, 6.45) is 20.8. The van der Waals surface area contributed by atoms with Gasteiger partial charge in [0.1, 0.15) is 11.6 Å². The van der Waals surface area contributed by atoms with E-state index >= 15 is 0 Å². The number of hydrogen-bond acceptors (Lipinski definition) is 0. The molecule has 0 saturated heterocycles. The van der Waals surface area contributed by atoms with Crippen LogP contribution in [0.4, 0.5) is 17.6 Å². The molecule has 204 valence electrons. The molecule has 2 aliphatic rings. The van der Waals surface area contributed by atoms with E-state index in [4.69, 9.17) is 0 Å². The average molecular weight is 517 g/mol. The normalized spacial score (nSPS) is 24.4. The Hall–Kier alpha value is -1.84. The monoisotopic (exact) mass is 516 g/mol. The van der Waals surface area contributed by atoms with E-state index < -0.39 is 23.3 Å². The zero-order chi connectivity index (χ0) is 26.2. The van der Waals surface area contributed by atoms with Crippen molar-refractivity contribution < 1.29 is 17.6 Å². The molecule has 2 aromatic rings. The van der Waals surface area contributed by atoms with Crippen LogP contribution in [0.1, 0.15) is 121 Å². The van der Waals surface area contributed by atoms with Gasteiger partial charge in [-0.3, -0.25) is 0 Å². The van der Waals surface area contributed by atoms with E-state index in [0.717, 1.165) is 55.6 Å². The van der Waals surface area contributed by atoms with E-state index in [1.165, 1.54) is 95.2 Å². The fourth-order valence-corrected chi connectivity index (χ4v) is 6.90. The SMILES string of the molecule is CCCCCC1CCC(CCCCC2CCC(c3cc(F)c(-c4ccc(F)c(F)c4)c(F)c3)CC2)CC1. The zero-order valence-corrected chi connectivity index (χ0v) is 22.5. The van der Waals surface area contributed by atoms with Crippen LogP contribution in [0.3, 0.4) is 0 Å².